The normalized spacial score (nSPS) is 11.5. The number of benzene rings is 9. The number of hydrogen-bond acceptors (Lipinski definition) is 4. The molecule has 0 unspecified atom stereocenters. The predicted molar refractivity (Wildman–Crippen MR) is 301 cm³/mol. The second kappa shape index (κ2) is 17.9. The molecule has 9 aromatic carbocycles. The number of hydrogen-bond donors (Lipinski definition) is 0. The minimum Gasteiger partial charge on any atom is -0.245 e. The summed E-state index contributed by atoms with van der Waals surface area (Å²) in [4.78, 5) is 22.2. The summed E-state index contributed by atoms with van der Waals surface area (Å²) in [5.41, 5.74) is 22.5. The second-order valence-corrected chi connectivity index (χ2v) is 18.6. The molecule has 0 aliphatic heterocycles. The minimum atomic E-state index is 0.868. The van der Waals surface area contributed by atoms with Gasteiger partial charge in [-0.25, -0.2) is 19.9 Å². The van der Waals surface area contributed by atoms with E-state index in [1.54, 1.807) is 0 Å². The second-order valence-electron chi connectivity index (χ2n) is 18.6. The summed E-state index contributed by atoms with van der Waals surface area (Å²) in [6.07, 6.45) is 0. The first-order valence-corrected chi connectivity index (χ1v) is 24.5. The van der Waals surface area contributed by atoms with Crippen molar-refractivity contribution in [2.75, 3.05) is 0 Å². The van der Waals surface area contributed by atoms with Gasteiger partial charge >= 0.3 is 0 Å². The van der Waals surface area contributed by atoms with E-state index >= 15 is 0 Å². The molecule has 0 N–H and O–H groups in total. The van der Waals surface area contributed by atoms with Gasteiger partial charge in [0, 0.05) is 43.8 Å². The zero-order valence-corrected chi connectivity index (χ0v) is 39.9. The van der Waals surface area contributed by atoms with Crippen molar-refractivity contribution in [1.82, 2.24) is 19.9 Å². The average Bonchev–Trinajstić information content (AvgIpc) is 3.45. The summed E-state index contributed by atoms with van der Waals surface area (Å²) in [7, 11) is 0. The van der Waals surface area contributed by atoms with Gasteiger partial charge in [-0.3, -0.25) is 0 Å². The first kappa shape index (κ1) is 42.7. The Morgan fingerprint density at radius 1 is 0.208 bits per heavy atom. The standard InChI is InChI=1S/C68H46N4/c1-43-37-56(64-42-60(48-27-15-6-16-28-48)54-36-34-52-58(46-23-11-4-12-24-46)40-62(50-31-19-8-20-32-50)70-66(52)68(54)72-64)44(2)38-55(43)63-41-59(47-25-13-5-14-26-47)53-35-33-51-57(45-21-9-3-10-22-45)39-61(49-29-17-7-18-30-49)69-65(51)67(53)71-63/h3-42H,1-2H3. The van der Waals surface area contributed by atoms with Crippen LogP contribution in [0, 0.1) is 13.8 Å². The van der Waals surface area contributed by atoms with Crippen LogP contribution in [0.2, 0.25) is 0 Å². The first-order valence-electron chi connectivity index (χ1n) is 24.5. The van der Waals surface area contributed by atoms with Gasteiger partial charge in [-0.1, -0.05) is 206 Å². The Labute approximate surface area is 418 Å². The van der Waals surface area contributed by atoms with E-state index in [9.17, 15) is 0 Å². The summed E-state index contributed by atoms with van der Waals surface area (Å²) in [6.45, 7) is 4.40. The van der Waals surface area contributed by atoms with Gasteiger partial charge in [0.05, 0.1) is 44.8 Å². The Bertz CT molecular complexity index is 3900. The fraction of sp³-hybridized carbons (Fsp3) is 0.0294. The average molecular weight is 919 g/mol. The summed E-state index contributed by atoms with van der Waals surface area (Å²) < 4.78 is 0. The molecule has 0 saturated heterocycles. The highest BCUT2D eigenvalue weighted by molar-refractivity contribution is 6.15. The maximum atomic E-state index is 5.64. The fourth-order valence-corrected chi connectivity index (χ4v) is 10.5. The van der Waals surface area contributed by atoms with E-state index in [1.807, 2.05) is 12.1 Å². The fourth-order valence-electron chi connectivity index (χ4n) is 10.5. The molecule has 4 aromatic heterocycles. The van der Waals surface area contributed by atoms with Crippen molar-refractivity contribution in [3.63, 3.8) is 0 Å². The molecule has 4 heteroatoms. The van der Waals surface area contributed by atoms with Crippen molar-refractivity contribution in [2.24, 2.45) is 0 Å². The highest BCUT2D eigenvalue weighted by atomic mass is 14.8. The van der Waals surface area contributed by atoms with Gasteiger partial charge in [0.25, 0.3) is 0 Å². The van der Waals surface area contributed by atoms with Crippen LogP contribution in [-0.2, 0) is 0 Å². The quantitative estimate of drug-likeness (QED) is 0.143. The van der Waals surface area contributed by atoms with Crippen LogP contribution in [0.3, 0.4) is 0 Å². The van der Waals surface area contributed by atoms with Gasteiger partial charge in [-0.2, -0.15) is 0 Å². The van der Waals surface area contributed by atoms with Crippen LogP contribution < -0.4 is 0 Å². The lowest BCUT2D eigenvalue weighted by Gasteiger charge is -2.18. The lowest BCUT2D eigenvalue weighted by molar-refractivity contribution is 1.31. The van der Waals surface area contributed by atoms with Crippen molar-refractivity contribution in [3.8, 4) is 89.5 Å². The van der Waals surface area contributed by atoms with Crippen molar-refractivity contribution in [1.29, 1.82) is 0 Å². The van der Waals surface area contributed by atoms with E-state index < -0.39 is 0 Å². The third-order valence-corrected chi connectivity index (χ3v) is 14.1. The highest BCUT2D eigenvalue weighted by Gasteiger charge is 2.21. The van der Waals surface area contributed by atoms with Crippen LogP contribution in [0.5, 0.6) is 0 Å². The molecule has 4 nitrogen and oxygen atoms in total. The molecule has 72 heavy (non-hydrogen) atoms. The van der Waals surface area contributed by atoms with Crippen molar-refractivity contribution in [3.05, 3.63) is 254 Å². The molecular weight excluding hydrogens is 873 g/mol. The lowest BCUT2D eigenvalue weighted by atomic mass is 9.90. The molecular formula is C68H46N4. The zero-order chi connectivity index (χ0) is 48.1. The molecule has 0 fully saturated rings. The smallest absolute Gasteiger partial charge is 0.0978 e. The van der Waals surface area contributed by atoms with E-state index in [0.29, 0.717) is 0 Å². The Hall–Kier alpha value is -9.38. The van der Waals surface area contributed by atoms with Crippen LogP contribution in [-0.4, -0.2) is 19.9 Å². The minimum absolute atomic E-state index is 0.868. The number of rotatable bonds is 8. The highest BCUT2D eigenvalue weighted by Crippen LogP contribution is 2.43. The Morgan fingerprint density at radius 3 is 0.694 bits per heavy atom. The Morgan fingerprint density at radius 2 is 0.431 bits per heavy atom. The summed E-state index contributed by atoms with van der Waals surface area (Å²) in [6, 6.07) is 86.0. The molecule has 0 bridgehead atoms. The molecule has 0 saturated carbocycles. The van der Waals surface area contributed by atoms with Crippen LogP contribution in [0.4, 0.5) is 0 Å². The zero-order valence-electron chi connectivity index (χ0n) is 39.9. The monoisotopic (exact) mass is 918 g/mol. The third-order valence-electron chi connectivity index (χ3n) is 14.1. The maximum Gasteiger partial charge on any atom is 0.0978 e. The number of aryl methyl sites for hydroxylation is 2. The van der Waals surface area contributed by atoms with Gasteiger partial charge in [0.1, 0.15) is 0 Å². The van der Waals surface area contributed by atoms with Gasteiger partial charge < -0.3 is 0 Å². The van der Waals surface area contributed by atoms with E-state index in [-0.39, 0.29) is 0 Å². The molecule has 338 valence electrons. The molecule has 0 aliphatic rings. The van der Waals surface area contributed by atoms with Crippen LogP contribution in [0.15, 0.2) is 243 Å². The van der Waals surface area contributed by atoms with E-state index in [1.165, 1.54) is 0 Å². The molecule has 13 rings (SSSR count). The van der Waals surface area contributed by atoms with Gasteiger partial charge in [0.2, 0.25) is 0 Å². The van der Waals surface area contributed by atoms with E-state index in [4.69, 9.17) is 19.9 Å². The summed E-state index contributed by atoms with van der Waals surface area (Å²) >= 11 is 0. The molecule has 13 aromatic rings. The largest absolute Gasteiger partial charge is 0.245 e. The van der Waals surface area contributed by atoms with Crippen LogP contribution in [0.25, 0.3) is 133 Å². The van der Waals surface area contributed by atoms with Gasteiger partial charge in [0.15, 0.2) is 0 Å². The SMILES string of the molecule is Cc1cc(-c2cc(-c3ccccc3)c3ccc4c(-c5ccccc5)cc(-c5ccccc5)nc4c3n2)c(C)cc1-c1cc(-c2ccccc2)c2ccc3c(-c4ccccc4)cc(-c4ccccc4)nc3c2n1. The van der Waals surface area contributed by atoms with Crippen LogP contribution in [0.1, 0.15) is 11.1 Å². The summed E-state index contributed by atoms with van der Waals surface area (Å²) in [5, 5.41) is 4.23. The lowest BCUT2D eigenvalue weighted by Crippen LogP contribution is -1.98. The van der Waals surface area contributed by atoms with E-state index in [2.05, 4.69) is 244 Å². The molecule has 0 amide bonds. The first-order chi connectivity index (χ1) is 35.5. The Balaban J connectivity index is 1.04. The predicted octanol–water partition coefficient (Wildman–Crippen LogP) is 17.8. The van der Waals surface area contributed by atoms with E-state index in [0.717, 1.165) is 144 Å². The Kier molecular flexibility index (Phi) is 10.6. The number of aromatic nitrogens is 4. The third kappa shape index (κ3) is 7.58. The van der Waals surface area contributed by atoms with Crippen molar-refractivity contribution < 1.29 is 0 Å². The van der Waals surface area contributed by atoms with Gasteiger partial charge in [-0.05, 0) is 106 Å². The molecule has 0 atom stereocenters. The van der Waals surface area contributed by atoms with Crippen LogP contribution >= 0.6 is 0 Å². The van der Waals surface area contributed by atoms with Crippen molar-refractivity contribution in [2.45, 2.75) is 13.8 Å². The molecule has 0 aliphatic carbocycles. The number of pyridine rings is 4. The summed E-state index contributed by atoms with van der Waals surface area (Å²) in [5.74, 6) is 0. The molecule has 0 spiro atoms. The van der Waals surface area contributed by atoms with Crippen molar-refractivity contribution >= 4 is 43.6 Å². The number of fused-ring (bicyclic) bond motifs is 6. The number of nitrogens with zero attached hydrogens (tertiary/aromatic N) is 4. The van der Waals surface area contributed by atoms with Gasteiger partial charge in [-0.15, -0.1) is 0 Å². The topological polar surface area (TPSA) is 51.6 Å². The maximum absolute atomic E-state index is 5.64. The molecule has 4 heterocycles. The molecule has 0 radical (unpaired) electrons.